The summed E-state index contributed by atoms with van der Waals surface area (Å²) in [5, 5.41) is 0.0381. The number of hydrogen-bond acceptors (Lipinski definition) is 3. The number of halogens is 1. The molecule has 18 heavy (non-hydrogen) atoms. The van der Waals surface area contributed by atoms with Crippen molar-refractivity contribution in [2.45, 2.75) is 24.6 Å². The van der Waals surface area contributed by atoms with Crippen molar-refractivity contribution >= 4 is 11.8 Å². The maximum absolute atomic E-state index is 13.8. The van der Waals surface area contributed by atoms with Gasteiger partial charge in [0.25, 0.3) is 0 Å². The molecule has 1 rings (SSSR count). The van der Waals surface area contributed by atoms with Crippen molar-refractivity contribution < 1.29 is 4.39 Å². The minimum absolute atomic E-state index is 0.00550. The molecule has 0 aliphatic carbocycles. The number of benzene rings is 1. The lowest BCUT2D eigenvalue weighted by atomic mass is 10.0. The summed E-state index contributed by atoms with van der Waals surface area (Å²) in [6.07, 6.45) is 0.855. The first-order valence-corrected chi connectivity index (χ1v) is 7.37. The number of hydrogen-bond donors (Lipinski definition) is 1. The molecule has 2 nitrogen and oxygen atoms in total. The summed E-state index contributed by atoms with van der Waals surface area (Å²) < 4.78 is 13.8. The van der Waals surface area contributed by atoms with E-state index in [4.69, 9.17) is 5.73 Å². The smallest absolute Gasteiger partial charge is 0.127 e. The zero-order valence-electron chi connectivity index (χ0n) is 11.4. The van der Waals surface area contributed by atoms with E-state index in [0.29, 0.717) is 0 Å². The van der Waals surface area contributed by atoms with Gasteiger partial charge in [-0.25, -0.2) is 4.39 Å². The molecule has 0 heterocycles. The third-order valence-corrected chi connectivity index (χ3v) is 4.29. The number of thioether (sulfide) groups is 1. The van der Waals surface area contributed by atoms with Gasteiger partial charge < -0.3 is 10.6 Å². The lowest BCUT2D eigenvalue weighted by Crippen LogP contribution is -2.27. The minimum atomic E-state index is -0.149. The fourth-order valence-corrected chi connectivity index (χ4v) is 3.26. The van der Waals surface area contributed by atoms with Crippen molar-refractivity contribution in [3.05, 3.63) is 35.6 Å². The van der Waals surface area contributed by atoms with Crippen LogP contribution >= 0.6 is 11.8 Å². The summed E-state index contributed by atoms with van der Waals surface area (Å²) in [5.74, 6) is 0.809. The first kappa shape index (κ1) is 15.5. The van der Waals surface area contributed by atoms with Crippen LogP contribution in [0.3, 0.4) is 0 Å². The second-order valence-electron chi connectivity index (χ2n) is 4.69. The highest BCUT2D eigenvalue weighted by atomic mass is 32.2. The molecule has 2 unspecified atom stereocenters. The van der Waals surface area contributed by atoms with Gasteiger partial charge in [-0.15, -0.1) is 0 Å². The molecule has 0 bridgehead atoms. The van der Waals surface area contributed by atoms with E-state index in [1.54, 1.807) is 17.8 Å². The minimum Gasteiger partial charge on any atom is -0.326 e. The quantitative estimate of drug-likeness (QED) is 0.826. The highest BCUT2D eigenvalue weighted by Crippen LogP contribution is 2.33. The third-order valence-electron chi connectivity index (χ3n) is 2.91. The van der Waals surface area contributed by atoms with Crippen LogP contribution in [0.5, 0.6) is 0 Å². The van der Waals surface area contributed by atoms with Crippen molar-refractivity contribution in [2.75, 3.05) is 26.4 Å². The topological polar surface area (TPSA) is 29.3 Å². The van der Waals surface area contributed by atoms with Crippen LogP contribution in [-0.2, 0) is 0 Å². The highest BCUT2D eigenvalue weighted by Gasteiger charge is 2.21. The van der Waals surface area contributed by atoms with Crippen LogP contribution in [0, 0.1) is 5.82 Å². The molecule has 1 aromatic rings. The largest absolute Gasteiger partial charge is 0.326 e. The summed E-state index contributed by atoms with van der Waals surface area (Å²) in [6, 6.07) is 6.95. The van der Waals surface area contributed by atoms with E-state index >= 15 is 0 Å². The van der Waals surface area contributed by atoms with Gasteiger partial charge in [-0.05, 0) is 26.6 Å². The second-order valence-corrected chi connectivity index (χ2v) is 5.94. The first-order valence-electron chi connectivity index (χ1n) is 6.32. The molecule has 1 aromatic carbocycles. The van der Waals surface area contributed by atoms with E-state index in [1.807, 2.05) is 33.2 Å². The molecule has 0 aliphatic heterocycles. The van der Waals surface area contributed by atoms with Crippen LogP contribution in [0.15, 0.2) is 24.3 Å². The summed E-state index contributed by atoms with van der Waals surface area (Å²) in [7, 11) is 4.08. The maximum atomic E-state index is 13.8. The molecule has 0 aliphatic rings. The van der Waals surface area contributed by atoms with E-state index in [2.05, 4.69) is 4.90 Å². The van der Waals surface area contributed by atoms with E-state index in [9.17, 15) is 4.39 Å². The Labute approximate surface area is 114 Å². The molecule has 4 heteroatoms. The second kappa shape index (κ2) is 7.77. The van der Waals surface area contributed by atoms with Gasteiger partial charge in [0.2, 0.25) is 0 Å². The van der Waals surface area contributed by atoms with Gasteiger partial charge in [0.1, 0.15) is 5.82 Å². The van der Waals surface area contributed by atoms with E-state index in [0.717, 1.165) is 24.3 Å². The van der Waals surface area contributed by atoms with Crippen molar-refractivity contribution in [2.24, 2.45) is 5.73 Å². The predicted molar refractivity (Wildman–Crippen MR) is 78.4 cm³/mol. The number of nitrogens with zero attached hydrogens (tertiary/aromatic N) is 1. The van der Waals surface area contributed by atoms with Gasteiger partial charge in [0.05, 0.1) is 0 Å². The van der Waals surface area contributed by atoms with Gasteiger partial charge >= 0.3 is 0 Å². The maximum Gasteiger partial charge on any atom is 0.127 e. The fourth-order valence-electron chi connectivity index (χ4n) is 1.73. The lowest BCUT2D eigenvalue weighted by Gasteiger charge is -2.24. The van der Waals surface area contributed by atoms with Crippen LogP contribution in [0.2, 0.25) is 0 Å². The molecule has 0 radical (unpaired) electrons. The zero-order valence-corrected chi connectivity index (χ0v) is 12.2. The number of rotatable bonds is 7. The molecular formula is C14H23FN2S. The Morgan fingerprint density at radius 3 is 2.56 bits per heavy atom. The Morgan fingerprint density at radius 2 is 2.00 bits per heavy atom. The van der Waals surface area contributed by atoms with Gasteiger partial charge in [0, 0.05) is 29.2 Å². The molecular weight excluding hydrogens is 247 g/mol. The van der Waals surface area contributed by atoms with Crippen molar-refractivity contribution in [3.8, 4) is 0 Å². The zero-order chi connectivity index (χ0) is 13.5. The van der Waals surface area contributed by atoms with Crippen molar-refractivity contribution in [1.29, 1.82) is 0 Å². The van der Waals surface area contributed by atoms with Crippen molar-refractivity contribution in [1.82, 2.24) is 4.90 Å². The van der Waals surface area contributed by atoms with Crippen molar-refractivity contribution in [3.63, 3.8) is 0 Å². The summed E-state index contributed by atoms with van der Waals surface area (Å²) in [4.78, 5) is 2.13. The SMILES string of the molecule is CCC(N)C(SCCN(C)C)c1ccccc1F. The van der Waals surface area contributed by atoms with Gasteiger partial charge in [-0.1, -0.05) is 25.1 Å². The molecule has 0 saturated carbocycles. The van der Waals surface area contributed by atoms with Gasteiger partial charge in [-0.2, -0.15) is 11.8 Å². The molecule has 0 fully saturated rings. The average Bonchev–Trinajstić information content (AvgIpc) is 2.35. The summed E-state index contributed by atoms with van der Waals surface area (Å²) >= 11 is 1.74. The molecule has 0 saturated heterocycles. The van der Waals surface area contributed by atoms with Gasteiger partial charge in [-0.3, -0.25) is 0 Å². The average molecular weight is 270 g/mol. The molecule has 0 amide bonds. The van der Waals surface area contributed by atoms with E-state index in [1.165, 1.54) is 6.07 Å². The fraction of sp³-hybridized carbons (Fsp3) is 0.571. The highest BCUT2D eigenvalue weighted by molar-refractivity contribution is 7.99. The molecule has 2 N–H and O–H groups in total. The normalized spacial score (nSPS) is 14.8. The van der Waals surface area contributed by atoms with Crippen LogP contribution in [0.4, 0.5) is 4.39 Å². The Hall–Kier alpha value is -0.580. The monoisotopic (exact) mass is 270 g/mol. The first-order chi connectivity index (χ1) is 8.56. The Kier molecular flexibility index (Phi) is 6.68. The Morgan fingerprint density at radius 1 is 1.33 bits per heavy atom. The molecule has 102 valence electrons. The Bertz CT molecular complexity index is 357. The summed E-state index contributed by atoms with van der Waals surface area (Å²) in [5.41, 5.74) is 6.87. The standard InChI is InChI=1S/C14H23FN2S/c1-4-13(16)14(18-10-9-17(2)3)11-7-5-6-8-12(11)15/h5-8,13-14H,4,9-10,16H2,1-3H3. The third kappa shape index (κ3) is 4.59. The molecule has 0 spiro atoms. The predicted octanol–water partition coefficient (Wildman–Crippen LogP) is 2.90. The van der Waals surface area contributed by atoms with E-state index in [-0.39, 0.29) is 17.1 Å². The lowest BCUT2D eigenvalue weighted by molar-refractivity contribution is 0.437. The Balaban J connectivity index is 2.75. The van der Waals surface area contributed by atoms with Crippen LogP contribution in [-0.4, -0.2) is 37.3 Å². The molecule has 0 aromatic heterocycles. The molecule has 2 atom stereocenters. The van der Waals surface area contributed by atoms with Crippen LogP contribution < -0.4 is 5.73 Å². The van der Waals surface area contributed by atoms with Crippen LogP contribution in [0.1, 0.15) is 24.2 Å². The number of nitrogens with two attached hydrogens (primary N) is 1. The van der Waals surface area contributed by atoms with Gasteiger partial charge in [0.15, 0.2) is 0 Å². The van der Waals surface area contributed by atoms with Crippen LogP contribution in [0.25, 0.3) is 0 Å². The van der Waals surface area contributed by atoms with E-state index < -0.39 is 0 Å². The summed E-state index contributed by atoms with van der Waals surface area (Å²) in [6.45, 7) is 3.02.